The molecule has 0 fully saturated rings. The molecular formula is C16H34O. The molecule has 0 saturated heterocycles. The highest BCUT2D eigenvalue weighted by Crippen LogP contribution is 2.17. The molecule has 0 heterocycles. The molecule has 0 aromatic heterocycles. The smallest absolute Gasteiger partial charge is 0.0459 e. The van der Waals surface area contributed by atoms with Crippen LogP contribution in [0.25, 0.3) is 0 Å². The van der Waals surface area contributed by atoms with Gasteiger partial charge in [0.2, 0.25) is 0 Å². The van der Waals surface area contributed by atoms with E-state index in [9.17, 15) is 5.11 Å². The quantitative estimate of drug-likeness (QED) is 0.434. The van der Waals surface area contributed by atoms with Crippen molar-refractivity contribution in [2.24, 2.45) is 5.92 Å². The minimum absolute atomic E-state index is 0.402. The third-order valence-electron chi connectivity index (χ3n) is 3.69. The fraction of sp³-hybridized carbons (Fsp3) is 1.00. The summed E-state index contributed by atoms with van der Waals surface area (Å²) in [5, 5.41) is 9.30. The molecule has 0 aromatic rings. The van der Waals surface area contributed by atoms with Crippen LogP contribution in [0.2, 0.25) is 0 Å². The van der Waals surface area contributed by atoms with Crippen LogP contribution in [0.15, 0.2) is 0 Å². The molecule has 0 rings (SSSR count). The minimum atomic E-state index is 0.402. The van der Waals surface area contributed by atoms with Crippen LogP contribution in [0.1, 0.15) is 90.9 Å². The molecule has 1 atom stereocenters. The summed E-state index contributed by atoms with van der Waals surface area (Å²) < 4.78 is 0. The zero-order valence-corrected chi connectivity index (χ0v) is 12.2. The Morgan fingerprint density at radius 2 is 1.06 bits per heavy atom. The topological polar surface area (TPSA) is 20.2 Å². The Hall–Kier alpha value is -0.0400. The second-order valence-electron chi connectivity index (χ2n) is 5.45. The lowest BCUT2D eigenvalue weighted by molar-refractivity contribution is 0.204. The number of hydrogen-bond acceptors (Lipinski definition) is 1. The van der Waals surface area contributed by atoms with Crippen LogP contribution < -0.4 is 0 Å². The fourth-order valence-electron chi connectivity index (χ4n) is 2.40. The zero-order valence-electron chi connectivity index (χ0n) is 12.2. The summed E-state index contributed by atoms with van der Waals surface area (Å²) >= 11 is 0. The molecule has 0 bridgehead atoms. The third-order valence-corrected chi connectivity index (χ3v) is 3.69. The van der Waals surface area contributed by atoms with E-state index in [0.29, 0.717) is 12.5 Å². The zero-order chi connectivity index (χ0) is 12.8. The summed E-state index contributed by atoms with van der Waals surface area (Å²) in [5.41, 5.74) is 0. The maximum Gasteiger partial charge on any atom is 0.0459 e. The molecule has 0 amide bonds. The minimum Gasteiger partial charge on any atom is -0.396 e. The van der Waals surface area contributed by atoms with E-state index >= 15 is 0 Å². The van der Waals surface area contributed by atoms with Gasteiger partial charge in [0.05, 0.1) is 0 Å². The predicted octanol–water partition coefficient (Wildman–Crippen LogP) is 5.32. The van der Waals surface area contributed by atoms with Crippen molar-refractivity contribution in [2.45, 2.75) is 90.9 Å². The Balaban J connectivity index is 3.25. The van der Waals surface area contributed by atoms with E-state index in [1.807, 2.05) is 0 Å². The van der Waals surface area contributed by atoms with Crippen LogP contribution in [-0.4, -0.2) is 11.7 Å². The van der Waals surface area contributed by atoms with Gasteiger partial charge >= 0.3 is 0 Å². The second-order valence-corrected chi connectivity index (χ2v) is 5.45. The molecule has 0 aliphatic heterocycles. The fourth-order valence-corrected chi connectivity index (χ4v) is 2.40. The van der Waals surface area contributed by atoms with Crippen molar-refractivity contribution in [1.82, 2.24) is 0 Å². The Kier molecular flexibility index (Phi) is 14.0. The van der Waals surface area contributed by atoms with Crippen LogP contribution >= 0.6 is 0 Å². The molecule has 1 heteroatoms. The van der Waals surface area contributed by atoms with E-state index in [1.165, 1.54) is 77.0 Å². The van der Waals surface area contributed by atoms with E-state index in [1.54, 1.807) is 0 Å². The number of hydrogen-bond donors (Lipinski definition) is 1. The van der Waals surface area contributed by atoms with Crippen LogP contribution in [0.3, 0.4) is 0 Å². The van der Waals surface area contributed by atoms with Crippen molar-refractivity contribution in [3.63, 3.8) is 0 Å². The van der Waals surface area contributed by atoms with E-state index in [-0.39, 0.29) is 0 Å². The summed E-state index contributed by atoms with van der Waals surface area (Å²) in [5.74, 6) is 0.581. The van der Waals surface area contributed by atoms with Gasteiger partial charge in [0, 0.05) is 6.61 Å². The van der Waals surface area contributed by atoms with Gasteiger partial charge in [0.15, 0.2) is 0 Å². The van der Waals surface area contributed by atoms with Crippen molar-refractivity contribution >= 4 is 0 Å². The van der Waals surface area contributed by atoms with Gasteiger partial charge in [-0.25, -0.2) is 0 Å². The molecule has 1 nitrogen and oxygen atoms in total. The molecule has 0 radical (unpaired) electrons. The van der Waals surface area contributed by atoms with E-state index in [4.69, 9.17) is 0 Å². The maximum absolute atomic E-state index is 9.30. The lowest BCUT2D eigenvalue weighted by atomic mass is 9.95. The van der Waals surface area contributed by atoms with E-state index in [2.05, 4.69) is 13.8 Å². The van der Waals surface area contributed by atoms with Crippen molar-refractivity contribution in [1.29, 1.82) is 0 Å². The van der Waals surface area contributed by atoms with E-state index in [0.717, 1.165) is 0 Å². The van der Waals surface area contributed by atoms with Gasteiger partial charge in [-0.15, -0.1) is 0 Å². The number of aliphatic hydroxyl groups is 1. The van der Waals surface area contributed by atoms with Crippen LogP contribution in [0, 0.1) is 5.92 Å². The number of unbranched alkanes of at least 4 members (excludes halogenated alkanes) is 8. The molecule has 0 aliphatic carbocycles. The van der Waals surface area contributed by atoms with Gasteiger partial charge in [-0.3, -0.25) is 0 Å². The Labute approximate surface area is 109 Å². The van der Waals surface area contributed by atoms with Gasteiger partial charge in [-0.05, 0) is 18.8 Å². The van der Waals surface area contributed by atoms with Gasteiger partial charge in [0.25, 0.3) is 0 Å². The SMILES string of the molecule is CCCCCCCCCC(CO)CCCCC. The highest BCUT2D eigenvalue weighted by molar-refractivity contribution is 4.59. The Bertz CT molecular complexity index is 133. The lowest BCUT2D eigenvalue weighted by Crippen LogP contribution is -2.05. The van der Waals surface area contributed by atoms with Crippen molar-refractivity contribution in [2.75, 3.05) is 6.61 Å². The van der Waals surface area contributed by atoms with Crippen molar-refractivity contribution in [3.8, 4) is 0 Å². The molecule has 0 aromatic carbocycles. The first kappa shape index (κ1) is 17.0. The summed E-state index contributed by atoms with van der Waals surface area (Å²) in [7, 11) is 0. The third kappa shape index (κ3) is 12.2. The highest BCUT2D eigenvalue weighted by atomic mass is 16.3. The summed E-state index contributed by atoms with van der Waals surface area (Å²) in [4.78, 5) is 0. The van der Waals surface area contributed by atoms with Crippen LogP contribution in [-0.2, 0) is 0 Å². The number of aliphatic hydroxyl groups excluding tert-OH is 1. The van der Waals surface area contributed by atoms with Gasteiger partial charge in [0.1, 0.15) is 0 Å². The molecule has 1 N–H and O–H groups in total. The molecule has 0 saturated carbocycles. The summed E-state index contributed by atoms with van der Waals surface area (Å²) in [6.07, 6.45) is 16.0. The van der Waals surface area contributed by atoms with Gasteiger partial charge < -0.3 is 5.11 Å². The lowest BCUT2D eigenvalue weighted by Gasteiger charge is -2.13. The molecule has 17 heavy (non-hydrogen) atoms. The first-order valence-electron chi connectivity index (χ1n) is 7.96. The van der Waals surface area contributed by atoms with Crippen molar-refractivity contribution in [3.05, 3.63) is 0 Å². The second kappa shape index (κ2) is 14.0. The largest absolute Gasteiger partial charge is 0.396 e. The summed E-state index contributed by atoms with van der Waals surface area (Å²) in [6, 6.07) is 0. The van der Waals surface area contributed by atoms with Crippen LogP contribution in [0.4, 0.5) is 0 Å². The average molecular weight is 242 g/mol. The van der Waals surface area contributed by atoms with Gasteiger partial charge in [-0.2, -0.15) is 0 Å². The monoisotopic (exact) mass is 242 g/mol. The standard InChI is InChI=1S/C16H34O/c1-3-5-7-8-9-10-12-14-16(15-17)13-11-6-4-2/h16-17H,3-15H2,1-2H3. The van der Waals surface area contributed by atoms with Crippen LogP contribution in [0.5, 0.6) is 0 Å². The highest BCUT2D eigenvalue weighted by Gasteiger charge is 2.06. The predicted molar refractivity (Wildman–Crippen MR) is 77.3 cm³/mol. The molecule has 0 spiro atoms. The normalized spacial score (nSPS) is 12.9. The van der Waals surface area contributed by atoms with E-state index < -0.39 is 0 Å². The van der Waals surface area contributed by atoms with Crippen molar-refractivity contribution < 1.29 is 5.11 Å². The van der Waals surface area contributed by atoms with Gasteiger partial charge in [-0.1, -0.05) is 78.1 Å². The molecular weight excluding hydrogens is 208 g/mol. The molecule has 1 unspecified atom stereocenters. The molecule has 0 aliphatic rings. The number of rotatable bonds is 13. The Morgan fingerprint density at radius 3 is 1.59 bits per heavy atom. The summed E-state index contributed by atoms with van der Waals surface area (Å²) in [6.45, 7) is 4.91. The first-order valence-corrected chi connectivity index (χ1v) is 7.96. The first-order chi connectivity index (χ1) is 8.35. The maximum atomic E-state index is 9.30. The molecule has 104 valence electrons. The average Bonchev–Trinajstić information content (AvgIpc) is 2.35. The Morgan fingerprint density at radius 1 is 0.647 bits per heavy atom.